The highest BCUT2D eigenvalue weighted by Crippen LogP contribution is 2.27. The third-order valence-corrected chi connectivity index (χ3v) is 4.37. The fraction of sp³-hybridized carbons (Fsp3) is 1.00. The topological polar surface area (TPSA) is 15.3 Å². The average molecular weight is 238 g/mol. The molecule has 1 aliphatic carbocycles. The molecule has 1 heterocycles. The van der Waals surface area contributed by atoms with Crippen LogP contribution in [-0.2, 0) is 0 Å². The number of nitrogens with zero attached hydrogens (tertiary/aromatic N) is 1. The van der Waals surface area contributed by atoms with Gasteiger partial charge in [-0.25, -0.2) is 0 Å². The first-order valence-corrected chi connectivity index (χ1v) is 7.81. The SMILES string of the molecule is CCCC1CCCN(CCNCC2CC2)CC1. The predicted octanol–water partition coefficient (Wildman–Crippen LogP) is 2.89. The van der Waals surface area contributed by atoms with Crippen LogP contribution >= 0.6 is 0 Å². The highest BCUT2D eigenvalue weighted by atomic mass is 15.1. The Hall–Kier alpha value is -0.0800. The largest absolute Gasteiger partial charge is 0.315 e. The summed E-state index contributed by atoms with van der Waals surface area (Å²) in [6.45, 7) is 8.75. The van der Waals surface area contributed by atoms with Gasteiger partial charge < -0.3 is 10.2 Å². The summed E-state index contributed by atoms with van der Waals surface area (Å²) in [5.74, 6) is 2.04. The van der Waals surface area contributed by atoms with Gasteiger partial charge in [0.1, 0.15) is 0 Å². The molecule has 17 heavy (non-hydrogen) atoms. The van der Waals surface area contributed by atoms with Crippen LogP contribution < -0.4 is 5.32 Å². The molecule has 1 saturated heterocycles. The fourth-order valence-electron chi connectivity index (χ4n) is 3.01. The summed E-state index contributed by atoms with van der Waals surface area (Å²) < 4.78 is 0. The number of hydrogen-bond donors (Lipinski definition) is 1. The molecular weight excluding hydrogens is 208 g/mol. The van der Waals surface area contributed by atoms with Gasteiger partial charge in [0.2, 0.25) is 0 Å². The third-order valence-electron chi connectivity index (χ3n) is 4.37. The van der Waals surface area contributed by atoms with Crippen LogP contribution in [0, 0.1) is 11.8 Å². The van der Waals surface area contributed by atoms with Crippen molar-refractivity contribution in [1.29, 1.82) is 0 Å². The molecule has 2 rings (SSSR count). The zero-order valence-electron chi connectivity index (χ0n) is 11.6. The number of nitrogens with one attached hydrogen (secondary N) is 1. The Labute approximate surface area is 107 Å². The van der Waals surface area contributed by atoms with E-state index < -0.39 is 0 Å². The molecule has 2 nitrogen and oxygen atoms in total. The average Bonchev–Trinajstić information content (AvgIpc) is 3.13. The van der Waals surface area contributed by atoms with Gasteiger partial charge in [-0.2, -0.15) is 0 Å². The van der Waals surface area contributed by atoms with Crippen LogP contribution in [0.3, 0.4) is 0 Å². The molecule has 1 unspecified atom stereocenters. The summed E-state index contributed by atoms with van der Waals surface area (Å²) in [7, 11) is 0. The maximum absolute atomic E-state index is 3.61. The zero-order chi connectivity index (χ0) is 11.9. The summed E-state index contributed by atoms with van der Waals surface area (Å²) in [6.07, 6.45) is 10.1. The van der Waals surface area contributed by atoms with E-state index in [1.165, 1.54) is 77.7 Å². The van der Waals surface area contributed by atoms with Crippen molar-refractivity contribution in [1.82, 2.24) is 10.2 Å². The molecule has 2 heteroatoms. The molecule has 1 aliphatic heterocycles. The fourth-order valence-corrected chi connectivity index (χ4v) is 3.01. The minimum Gasteiger partial charge on any atom is -0.315 e. The maximum atomic E-state index is 3.61. The van der Waals surface area contributed by atoms with Crippen LogP contribution in [0.1, 0.15) is 51.9 Å². The lowest BCUT2D eigenvalue weighted by Gasteiger charge is -2.20. The van der Waals surface area contributed by atoms with Gasteiger partial charge in [0.25, 0.3) is 0 Å². The Morgan fingerprint density at radius 3 is 2.71 bits per heavy atom. The lowest BCUT2D eigenvalue weighted by Crippen LogP contribution is -2.33. The molecule has 2 aliphatic rings. The molecule has 1 atom stereocenters. The highest BCUT2D eigenvalue weighted by molar-refractivity contribution is 4.76. The van der Waals surface area contributed by atoms with Gasteiger partial charge in [-0.05, 0) is 63.6 Å². The summed E-state index contributed by atoms with van der Waals surface area (Å²) in [5, 5.41) is 3.61. The Morgan fingerprint density at radius 1 is 1.06 bits per heavy atom. The molecule has 1 N–H and O–H groups in total. The van der Waals surface area contributed by atoms with Crippen molar-refractivity contribution in [3.63, 3.8) is 0 Å². The Kier molecular flexibility index (Phi) is 5.79. The van der Waals surface area contributed by atoms with Crippen molar-refractivity contribution in [3.8, 4) is 0 Å². The van der Waals surface area contributed by atoms with Crippen LogP contribution in [0.4, 0.5) is 0 Å². The van der Waals surface area contributed by atoms with Gasteiger partial charge in [-0.3, -0.25) is 0 Å². The van der Waals surface area contributed by atoms with E-state index in [0.717, 1.165) is 11.8 Å². The van der Waals surface area contributed by atoms with E-state index >= 15 is 0 Å². The second-order valence-corrected chi connectivity index (χ2v) is 6.07. The van der Waals surface area contributed by atoms with E-state index in [1.807, 2.05) is 0 Å². The smallest absolute Gasteiger partial charge is 0.0107 e. The van der Waals surface area contributed by atoms with E-state index in [4.69, 9.17) is 0 Å². The minimum atomic E-state index is 1.02. The maximum Gasteiger partial charge on any atom is 0.0107 e. The van der Waals surface area contributed by atoms with Gasteiger partial charge in [0, 0.05) is 13.1 Å². The van der Waals surface area contributed by atoms with Gasteiger partial charge in [-0.15, -0.1) is 0 Å². The first kappa shape index (κ1) is 13.4. The number of likely N-dealkylation sites (tertiary alicyclic amines) is 1. The van der Waals surface area contributed by atoms with Crippen LogP contribution in [0.2, 0.25) is 0 Å². The summed E-state index contributed by atoms with van der Waals surface area (Å²) in [4.78, 5) is 2.68. The molecule has 1 saturated carbocycles. The predicted molar refractivity (Wildman–Crippen MR) is 74.3 cm³/mol. The van der Waals surface area contributed by atoms with Crippen molar-refractivity contribution in [2.24, 2.45) is 11.8 Å². The van der Waals surface area contributed by atoms with Crippen molar-refractivity contribution in [3.05, 3.63) is 0 Å². The van der Waals surface area contributed by atoms with Crippen LogP contribution in [0.15, 0.2) is 0 Å². The lowest BCUT2D eigenvalue weighted by molar-refractivity contribution is 0.278. The molecular formula is C15H30N2. The molecule has 0 aromatic heterocycles. The zero-order valence-corrected chi connectivity index (χ0v) is 11.6. The van der Waals surface area contributed by atoms with E-state index in [9.17, 15) is 0 Å². The van der Waals surface area contributed by atoms with Crippen molar-refractivity contribution < 1.29 is 0 Å². The minimum absolute atomic E-state index is 1.02. The monoisotopic (exact) mass is 238 g/mol. The van der Waals surface area contributed by atoms with Gasteiger partial charge in [0.05, 0.1) is 0 Å². The van der Waals surface area contributed by atoms with Crippen molar-refractivity contribution >= 4 is 0 Å². The molecule has 0 radical (unpaired) electrons. The second kappa shape index (κ2) is 7.38. The first-order valence-electron chi connectivity index (χ1n) is 7.81. The Morgan fingerprint density at radius 2 is 1.94 bits per heavy atom. The highest BCUT2D eigenvalue weighted by Gasteiger charge is 2.20. The second-order valence-electron chi connectivity index (χ2n) is 6.07. The third kappa shape index (κ3) is 5.39. The van der Waals surface area contributed by atoms with Gasteiger partial charge in [-0.1, -0.05) is 19.8 Å². The molecule has 0 bridgehead atoms. The van der Waals surface area contributed by atoms with E-state index in [0.29, 0.717) is 0 Å². The van der Waals surface area contributed by atoms with E-state index in [-0.39, 0.29) is 0 Å². The van der Waals surface area contributed by atoms with Gasteiger partial charge in [0.15, 0.2) is 0 Å². The summed E-state index contributed by atoms with van der Waals surface area (Å²) in [6, 6.07) is 0. The standard InChI is InChI=1S/C15H30N2/c1-2-4-14-5-3-10-17(11-8-14)12-9-16-13-15-6-7-15/h14-16H,2-13H2,1H3. The lowest BCUT2D eigenvalue weighted by atomic mass is 9.96. The molecule has 100 valence electrons. The Bertz CT molecular complexity index is 201. The Balaban J connectivity index is 1.54. The summed E-state index contributed by atoms with van der Waals surface area (Å²) >= 11 is 0. The molecule has 2 fully saturated rings. The molecule has 0 aromatic carbocycles. The number of rotatable bonds is 7. The summed E-state index contributed by atoms with van der Waals surface area (Å²) in [5.41, 5.74) is 0. The van der Waals surface area contributed by atoms with Crippen LogP contribution in [0.5, 0.6) is 0 Å². The normalized spacial score (nSPS) is 27.0. The molecule has 0 amide bonds. The van der Waals surface area contributed by atoms with E-state index in [2.05, 4.69) is 17.1 Å². The van der Waals surface area contributed by atoms with Gasteiger partial charge >= 0.3 is 0 Å². The molecule has 0 aromatic rings. The number of hydrogen-bond acceptors (Lipinski definition) is 2. The molecule has 0 spiro atoms. The van der Waals surface area contributed by atoms with Crippen LogP contribution in [0.25, 0.3) is 0 Å². The van der Waals surface area contributed by atoms with E-state index in [1.54, 1.807) is 0 Å². The first-order chi connectivity index (χ1) is 8.38. The van der Waals surface area contributed by atoms with Crippen LogP contribution in [-0.4, -0.2) is 37.6 Å². The van der Waals surface area contributed by atoms with Crippen molar-refractivity contribution in [2.75, 3.05) is 32.7 Å². The quantitative estimate of drug-likeness (QED) is 0.686. The van der Waals surface area contributed by atoms with Crippen molar-refractivity contribution in [2.45, 2.75) is 51.9 Å².